The summed E-state index contributed by atoms with van der Waals surface area (Å²) in [4.78, 5) is 31.1. The van der Waals surface area contributed by atoms with E-state index in [0.29, 0.717) is 37.4 Å². The van der Waals surface area contributed by atoms with E-state index < -0.39 is 0 Å². The second-order valence-electron chi connectivity index (χ2n) is 8.24. The fourth-order valence-corrected chi connectivity index (χ4v) is 3.34. The van der Waals surface area contributed by atoms with Gasteiger partial charge in [0.05, 0.1) is 0 Å². The summed E-state index contributed by atoms with van der Waals surface area (Å²) in [6, 6.07) is 7.87. The van der Waals surface area contributed by atoms with Crippen LogP contribution in [-0.2, 0) is 17.3 Å². The molecule has 1 fully saturated rings. The first-order chi connectivity index (χ1) is 12.8. The second kappa shape index (κ2) is 7.55. The van der Waals surface area contributed by atoms with Crippen molar-refractivity contribution in [3.05, 3.63) is 47.8 Å². The van der Waals surface area contributed by atoms with E-state index in [1.807, 2.05) is 36.2 Å². The van der Waals surface area contributed by atoms with E-state index in [-0.39, 0.29) is 23.1 Å². The average Bonchev–Trinajstić information content (AvgIpc) is 3.05. The van der Waals surface area contributed by atoms with Gasteiger partial charge in [-0.25, -0.2) is 4.98 Å². The number of carbonyl (C=O) groups is 2. The van der Waals surface area contributed by atoms with Crippen LogP contribution in [0.15, 0.2) is 36.7 Å². The van der Waals surface area contributed by atoms with Crippen LogP contribution in [0.3, 0.4) is 0 Å². The minimum Gasteiger partial charge on any atom is -0.339 e. The molecule has 0 radical (unpaired) electrons. The second-order valence-corrected chi connectivity index (χ2v) is 8.24. The van der Waals surface area contributed by atoms with E-state index in [4.69, 9.17) is 0 Å². The molecule has 1 N–H and O–H groups in total. The Morgan fingerprint density at radius 2 is 1.74 bits per heavy atom. The maximum Gasteiger partial charge on any atom is 0.253 e. The number of rotatable bonds is 3. The number of piperidine rings is 1. The normalized spacial score (nSPS) is 15.6. The average molecular weight is 368 g/mol. The molecule has 2 aromatic rings. The SMILES string of the molecule is Cn1ccnc1NC(=O)C1CCN(C(=O)c2ccc(C(C)(C)C)cc2)CC1. The molecular weight excluding hydrogens is 340 g/mol. The van der Waals surface area contributed by atoms with E-state index in [1.54, 1.807) is 17.0 Å². The molecule has 1 aromatic heterocycles. The predicted molar refractivity (Wildman–Crippen MR) is 106 cm³/mol. The number of nitrogens with one attached hydrogen (secondary N) is 1. The lowest BCUT2D eigenvalue weighted by Gasteiger charge is -2.31. The third kappa shape index (κ3) is 4.38. The summed E-state index contributed by atoms with van der Waals surface area (Å²) in [5.41, 5.74) is 1.99. The monoisotopic (exact) mass is 368 g/mol. The van der Waals surface area contributed by atoms with Crippen molar-refractivity contribution in [2.24, 2.45) is 13.0 Å². The topological polar surface area (TPSA) is 67.2 Å². The van der Waals surface area contributed by atoms with Gasteiger partial charge in [-0.1, -0.05) is 32.9 Å². The Morgan fingerprint density at radius 3 is 2.26 bits per heavy atom. The summed E-state index contributed by atoms with van der Waals surface area (Å²) < 4.78 is 1.78. The smallest absolute Gasteiger partial charge is 0.253 e. The quantitative estimate of drug-likeness (QED) is 0.905. The van der Waals surface area contributed by atoms with Gasteiger partial charge in [0, 0.05) is 44.0 Å². The Kier molecular flexibility index (Phi) is 5.35. The molecule has 144 valence electrons. The summed E-state index contributed by atoms with van der Waals surface area (Å²) >= 11 is 0. The standard InChI is InChI=1S/C21H28N4O2/c1-21(2,3)17-7-5-16(6-8-17)19(27)25-12-9-15(10-13-25)18(26)23-20-22-11-14-24(20)4/h5-8,11,14-15H,9-10,12-13H2,1-4H3,(H,22,23,26). The molecule has 6 nitrogen and oxygen atoms in total. The largest absolute Gasteiger partial charge is 0.339 e. The first-order valence-electron chi connectivity index (χ1n) is 9.44. The number of hydrogen-bond donors (Lipinski definition) is 1. The molecule has 2 amide bonds. The summed E-state index contributed by atoms with van der Waals surface area (Å²) in [6.45, 7) is 7.66. The number of carbonyl (C=O) groups excluding carboxylic acids is 2. The van der Waals surface area contributed by atoms with Crippen LogP contribution >= 0.6 is 0 Å². The Bertz CT molecular complexity index is 809. The fourth-order valence-electron chi connectivity index (χ4n) is 3.34. The molecule has 0 atom stereocenters. The Balaban J connectivity index is 1.56. The lowest BCUT2D eigenvalue weighted by molar-refractivity contribution is -0.121. The molecule has 0 spiro atoms. The van der Waals surface area contributed by atoms with Crippen molar-refractivity contribution in [2.45, 2.75) is 39.0 Å². The van der Waals surface area contributed by atoms with Crippen LogP contribution in [0, 0.1) is 5.92 Å². The van der Waals surface area contributed by atoms with Crippen molar-refractivity contribution < 1.29 is 9.59 Å². The molecule has 6 heteroatoms. The summed E-state index contributed by atoms with van der Waals surface area (Å²) in [6.07, 6.45) is 4.79. The zero-order valence-corrected chi connectivity index (χ0v) is 16.5. The van der Waals surface area contributed by atoms with Crippen LogP contribution in [0.5, 0.6) is 0 Å². The highest BCUT2D eigenvalue weighted by Crippen LogP contribution is 2.24. The summed E-state index contributed by atoms with van der Waals surface area (Å²) in [5.74, 6) is 0.482. The maximum atomic E-state index is 12.8. The van der Waals surface area contributed by atoms with Gasteiger partial charge in [0.25, 0.3) is 5.91 Å². The molecule has 1 aliphatic heterocycles. The molecule has 0 saturated carbocycles. The van der Waals surface area contributed by atoms with E-state index in [1.165, 1.54) is 5.56 Å². The molecule has 0 aliphatic carbocycles. The Hall–Kier alpha value is -2.63. The molecule has 27 heavy (non-hydrogen) atoms. The number of likely N-dealkylation sites (tertiary alicyclic amines) is 1. The maximum absolute atomic E-state index is 12.8. The van der Waals surface area contributed by atoms with Gasteiger partial charge in [-0.3, -0.25) is 14.9 Å². The number of amides is 2. The molecule has 2 heterocycles. The lowest BCUT2D eigenvalue weighted by atomic mass is 9.86. The minimum absolute atomic E-state index is 0.0223. The van der Waals surface area contributed by atoms with Crippen molar-refractivity contribution in [3.8, 4) is 0 Å². The Labute approximate surface area is 160 Å². The molecule has 1 aromatic carbocycles. The molecule has 0 bridgehead atoms. The molecule has 0 unspecified atom stereocenters. The molecule has 1 saturated heterocycles. The van der Waals surface area contributed by atoms with E-state index >= 15 is 0 Å². The van der Waals surface area contributed by atoms with Gasteiger partial charge in [-0.2, -0.15) is 0 Å². The lowest BCUT2D eigenvalue weighted by Crippen LogP contribution is -2.41. The zero-order valence-electron chi connectivity index (χ0n) is 16.5. The number of aryl methyl sites for hydroxylation is 1. The van der Waals surface area contributed by atoms with Crippen LogP contribution in [-0.4, -0.2) is 39.4 Å². The van der Waals surface area contributed by atoms with Gasteiger partial charge < -0.3 is 9.47 Å². The number of imidazole rings is 1. The number of hydrogen-bond acceptors (Lipinski definition) is 3. The molecule has 1 aliphatic rings. The highest BCUT2D eigenvalue weighted by Gasteiger charge is 2.28. The van der Waals surface area contributed by atoms with E-state index in [9.17, 15) is 9.59 Å². The third-order valence-corrected chi connectivity index (χ3v) is 5.21. The zero-order chi connectivity index (χ0) is 19.6. The fraction of sp³-hybridized carbons (Fsp3) is 0.476. The number of nitrogens with zero attached hydrogens (tertiary/aromatic N) is 3. The summed E-state index contributed by atoms with van der Waals surface area (Å²) in [7, 11) is 1.84. The van der Waals surface area contributed by atoms with Gasteiger partial charge in [0.1, 0.15) is 0 Å². The van der Waals surface area contributed by atoms with Crippen molar-refractivity contribution in [1.29, 1.82) is 0 Å². The third-order valence-electron chi connectivity index (χ3n) is 5.21. The van der Waals surface area contributed by atoms with E-state index in [0.717, 1.165) is 0 Å². The van der Waals surface area contributed by atoms with Crippen LogP contribution in [0.2, 0.25) is 0 Å². The van der Waals surface area contributed by atoms with Crippen molar-refractivity contribution in [3.63, 3.8) is 0 Å². The first-order valence-corrected chi connectivity index (χ1v) is 9.44. The minimum atomic E-state index is -0.0889. The van der Waals surface area contributed by atoms with Crippen molar-refractivity contribution in [1.82, 2.24) is 14.5 Å². The van der Waals surface area contributed by atoms with E-state index in [2.05, 4.69) is 31.1 Å². The van der Waals surface area contributed by atoms with Crippen LogP contribution in [0.25, 0.3) is 0 Å². The molecule has 3 rings (SSSR count). The van der Waals surface area contributed by atoms with Crippen molar-refractivity contribution in [2.75, 3.05) is 18.4 Å². The van der Waals surface area contributed by atoms with Crippen LogP contribution in [0.1, 0.15) is 49.5 Å². The van der Waals surface area contributed by atoms with Crippen LogP contribution < -0.4 is 5.32 Å². The first kappa shape index (κ1) is 19.1. The number of anilines is 1. The molecular formula is C21H28N4O2. The number of aromatic nitrogens is 2. The van der Waals surface area contributed by atoms with Gasteiger partial charge in [0.2, 0.25) is 11.9 Å². The van der Waals surface area contributed by atoms with Gasteiger partial charge >= 0.3 is 0 Å². The van der Waals surface area contributed by atoms with Crippen molar-refractivity contribution >= 4 is 17.8 Å². The van der Waals surface area contributed by atoms with Gasteiger partial charge in [0.15, 0.2) is 0 Å². The van der Waals surface area contributed by atoms with Gasteiger partial charge in [-0.05, 0) is 36.0 Å². The Morgan fingerprint density at radius 1 is 1.11 bits per heavy atom. The van der Waals surface area contributed by atoms with Gasteiger partial charge in [-0.15, -0.1) is 0 Å². The van der Waals surface area contributed by atoms with Crippen LogP contribution in [0.4, 0.5) is 5.95 Å². The summed E-state index contributed by atoms with van der Waals surface area (Å²) in [5, 5.41) is 2.87. The highest BCUT2D eigenvalue weighted by atomic mass is 16.2. The highest BCUT2D eigenvalue weighted by molar-refractivity contribution is 5.95. The number of benzene rings is 1. The predicted octanol–water partition coefficient (Wildman–Crippen LogP) is 3.21.